The number of rotatable bonds is 1. The minimum atomic E-state index is -1.34. The zero-order valence-electron chi connectivity index (χ0n) is 9.92. The zero-order valence-corrected chi connectivity index (χ0v) is 9.92. The number of aryl methyl sites for hydroxylation is 1. The van der Waals surface area contributed by atoms with Crippen molar-refractivity contribution in [2.45, 2.75) is 25.4 Å². The molecule has 3 rings (SSSR count). The molecule has 0 spiro atoms. The van der Waals surface area contributed by atoms with E-state index in [1.54, 1.807) is 0 Å². The number of para-hydroxylation sites is 1. The Labute approximate surface area is 99.8 Å². The van der Waals surface area contributed by atoms with E-state index < -0.39 is 5.67 Å². The lowest BCUT2D eigenvalue weighted by atomic mass is 9.93. The molecule has 0 bridgehead atoms. The molecule has 2 heterocycles. The average Bonchev–Trinajstić information content (AvgIpc) is 2.76. The van der Waals surface area contributed by atoms with E-state index in [-0.39, 0.29) is 0 Å². The van der Waals surface area contributed by atoms with Crippen LogP contribution in [0.1, 0.15) is 24.2 Å². The number of hydrogen-bond donors (Lipinski definition) is 1. The van der Waals surface area contributed by atoms with Crippen LogP contribution in [0.15, 0.2) is 28.7 Å². The third-order valence-electron chi connectivity index (χ3n) is 3.51. The van der Waals surface area contributed by atoms with Crippen LogP contribution in [0.4, 0.5) is 4.39 Å². The predicted octanol–water partition coefficient (Wildman–Crippen LogP) is 3.29. The lowest BCUT2D eigenvalue weighted by Crippen LogP contribution is -2.39. The van der Waals surface area contributed by atoms with E-state index in [2.05, 4.69) is 5.32 Å². The Balaban J connectivity index is 2.08. The third kappa shape index (κ3) is 1.75. The fourth-order valence-electron chi connectivity index (χ4n) is 2.51. The monoisotopic (exact) mass is 233 g/mol. The van der Waals surface area contributed by atoms with Crippen LogP contribution in [-0.2, 0) is 5.67 Å². The normalized spacial score (nSPS) is 25.3. The van der Waals surface area contributed by atoms with Gasteiger partial charge in [0.15, 0.2) is 5.67 Å². The van der Waals surface area contributed by atoms with Crippen LogP contribution in [0.3, 0.4) is 0 Å². The standard InChI is InChI=1S/C14H16FNO/c1-10-4-2-5-11-8-12(17-13(10)11)14(15)6-3-7-16-9-14/h2,4-5,8,16H,3,6-7,9H2,1H3. The quantitative estimate of drug-likeness (QED) is 0.817. The van der Waals surface area contributed by atoms with E-state index in [1.165, 1.54) is 0 Å². The first kappa shape index (κ1) is 10.8. The highest BCUT2D eigenvalue weighted by Gasteiger charge is 2.37. The van der Waals surface area contributed by atoms with E-state index in [9.17, 15) is 4.39 Å². The molecule has 17 heavy (non-hydrogen) atoms. The molecule has 1 aromatic carbocycles. The van der Waals surface area contributed by atoms with Crippen LogP contribution in [0.2, 0.25) is 0 Å². The molecule has 1 aliphatic rings. The fourth-order valence-corrected chi connectivity index (χ4v) is 2.51. The number of alkyl halides is 1. The van der Waals surface area contributed by atoms with Crippen molar-refractivity contribution in [1.82, 2.24) is 5.32 Å². The largest absolute Gasteiger partial charge is 0.457 e. The number of fused-ring (bicyclic) bond motifs is 1. The van der Waals surface area contributed by atoms with Gasteiger partial charge < -0.3 is 9.73 Å². The molecule has 1 unspecified atom stereocenters. The maximum Gasteiger partial charge on any atom is 0.180 e. The molecule has 2 nitrogen and oxygen atoms in total. The van der Waals surface area contributed by atoms with E-state index in [1.807, 2.05) is 31.2 Å². The molecule has 1 saturated heterocycles. The van der Waals surface area contributed by atoms with Crippen molar-refractivity contribution in [3.05, 3.63) is 35.6 Å². The molecule has 1 fully saturated rings. The van der Waals surface area contributed by atoms with Crippen molar-refractivity contribution >= 4 is 11.0 Å². The van der Waals surface area contributed by atoms with Gasteiger partial charge in [0.25, 0.3) is 0 Å². The Morgan fingerprint density at radius 3 is 3.00 bits per heavy atom. The summed E-state index contributed by atoms with van der Waals surface area (Å²) in [7, 11) is 0. The molecular weight excluding hydrogens is 217 g/mol. The van der Waals surface area contributed by atoms with Crippen LogP contribution in [-0.4, -0.2) is 13.1 Å². The first-order valence-electron chi connectivity index (χ1n) is 6.08. The second-order valence-corrected chi connectivity index (χ2v) is 4.85. The molecule has 0 saturated carbocycles. The number of furan rings is 1. The second kappa shape index (κ2) is 3.84. The van der Waals surface area contributed by atoms with Gasteiger partial charge in [-0.3, -0.25) is 0 Å². The van der Waals surface area contributed by atoms with E-state index in [0.717, 1.165) is 29.5 Å². The van der Waals surface area contributed by atoms with Crippen molar-refractivity contribution in [1.29, 1.82) is 0 Å². The summed E-state index contributed by atoms with van der Waals surface area (Å²) in [5, 5.41) is 4.09. The number of nitrogens with one attached hydrogen (secondary N) is 1. The van der Waals surface area contributed by atoms with Gasteiger partial charge in [0.2, 0.25) is 0 Å². The lowest BCUT2D eigenvalue weighted by Gasteiger charge is -2.27. The van der Waals surface area contributed by atoms with Crippen LogP contribution in [0, 0.1) is 6.92 Å². The average molecular weight is 233 g/mol. The first-order valence-corrected chi connectivity index (χ1v) is 6.08. The van der Waals surface area contributed by atoms with Crippen molar-refractivity contribution in [3.8, 4) is 0 Å². The van der Waals surface area contributed by atoms with Crippen molar-refractivity contribution in [2.24, 2.45) is 0 Å². The Morgan fingerprint density at radius 1 is 1.41 bits per heavy atom. The summed E-state index contributed by atoms with van der Waals surface area (Å²) in [4.78, 5) is 0. The molecule has 2 aromatic rings. The fraction of sp³-hybridized carbons (Fsp3) is 0.429. The maximum atomic E-state index is 14.7. The molecule has 1 N–H and O–H groups in total. The van der Waals surface area contributed by atoms with Crippen LogP contribution < -0.4 is 5.32 Å². The van der Waals surface area contributed by atoms with Gasteiger partial charge in [-0.15, -0.1) is 0 Å². The van der Waals surface area contributed by atoms with Crippen molar-refractivity contribution in [2.75, 3.05) is 13.1 Å². The smallest absolute Gasteiger partial charge is 0.180 e. The summed E-state index contributed by atoms with van der Waals surface area (Å²) < 4.78 is 20.4. The summed E-state index contributed by atoms with van der Waals surface area (Å²) in [6, 6.07) is 7.77. The Kier molecular flexibility index (Phi) is 2.44. The summed E-state index contributed by atoms with van der Waals surface area (Å²) in [6.45, 7) is 3.23. The Bertz CT molecular complexity index is 540. The van der Waals surface area contributed by atoms with E-state index >= 15 is 0 Å². The number of halogens is 1. The SMILES string of the molecule is Cc1cccc2cc(C3(F)CCCNC3)oc12. The first-order chi connectivity index (χ1) is 8.19. The predicted molar refractivity (Wildman–Crippen MR) is 65.8 cm³/mol. The Hall–Kier alpha value is -1.35. The van der Waals surface area contributed by atoms with Crippen LogP contribution >= 0.6 is 0 Å². The second-order valence-electron chi connectivity index (χ2n) is 4.85. The van der Waals surface area contributed by atoms with Crippen molar-refractivity contribution in [3.63, 3.8) is 0 Å². The molecule has 3 heteroatoms. The molecule has 0 amide bonds. The molecular formula is C14H16FNO. The number of piperidine rings is 1. The summed E-state index contributed by atoms with van der Waals surface area (Å²) in [6.07, 6.45) is 1.39. The maximum absolute atomic E-state index is 14.7. The number of benzene rings is 1. The minimum absolute atomic E-state index is 0.353. The molecule has 1 aromatic heterocycles. The summed E-state index contributed by atoms with van der Waals surface area (Å²) in [5.41, 5.74) is 0.523. The van der Waals surface area contributed by atoms with Gasteiger partial charge in [-0.1, -0.05) is 18.2 Å². The van der Waals surface area contributed by atoms with Gasteiger partial charge in [0, 0.05) is 11.9 Å². The highest BCUT2D eigenvalue weighted by atomic mass is 19.1. The summed E-state index contributed by atoms with van der Waals surface area (Å²) >= 11 is 0. The van der Waals surface area contributed by atoms with Gasteiger partial charge in [0.05, 0.1) is 0 Å². The van der Waals surface area contributed by atoms with Crippen LogP contribution in [0.25, 0.3) is 11.0 Å². The highest BCUT2D eigenvalue weighted by molar-refractivity contribution is 5.81. The minimum Gasteiger partial charge on any atom is -0.457 e. The molecule has 0 aliphatic carbocycles. The lowest BCUT2D eigenvalue weighted by molar-refractivity contribution is 0.0953. The molecule has 1 aliphatic heterocycles. The van der Waals surface area contributed by atoms with Crippen LogP contribution in [0.5, 0.6) is 0 Å². The molecule has 90 valence electrons. The third-order valence-corrected chi connectivity index (χ3v) is 3.51. The topological polar surface area (TPSA) is 25.2 Å². The van der Waals surface area contributed by atoms with Gasteiger partial charge >= 0.3 is 0 Å². The van der Waals surface area contributed by atoms with Gasteiger partial charge in [-0.25, -0.2) is 4.39 Å². The Morgan fingerprint density at radius 2 is 2.29 bits per heavy atom. The van der Waals surface area contributed by atoms with Gasteiger partial charge in [-0.05, 0) is 37.9 Å². The van der Waals surface area contributed by atoms with Gasteiger partial charge in [-0.2, -0.15) is 0 Å². The molecule has 0 radical (unpaired) electrons. The van der Waals surface area contributed by atoms with E-state index in [0.29, 0.717) is 18.7 Å². The summed E-state index contributed by atoms with van der Waals surface area (Å²) in [5.74, 6) is 0.467. The number of hydrogen-bond acceptors (Lipinski definition) is 2. The zero-order chi connectivity index (χ0) is 11.9. The highest BCUT2D eigenvalue weighted by Crippen LogP contribution is 2.36. The van der Waals surface area contributed by atoms with Gasteiger partial charge in [0.1, 0.15) is 11.3 Å². The molecule has 1 atom stereocenters. The van der Waals surface area contributed by atoms with Crippen molar-refractivity contribution < 1.29 is 8.81 Å². The van der Waals surface area contributed by atoms with E-state index in [4.69, 9.17) is 4.42 Å².